The number of hydrogen-bond acceptors (Lipinski definition) is 3. The van der Waals surface area contributed by atoms with Crippen LogP contribution in [0.1, 0.15) is 15.9 Å². The number of aromatic nitrogens is 1. The van der Waals surface area contributed by atoms with Gasteiger partial charge in [0, 0.05) is 18.3 Å². The van der Waals surface area contributed by atoms with Gasteiger partial charge >= 0.3 is 4.87 Å². The largest absolute Gasteiger partial charge is 0.322 e. The van der Waals surface area contributed by atoms with Crippen LogP contribution in [0.4, 0.5) is 5.69 Å². The number of carbonyl (C=O) groups excluding carboxylic acids is 1. The SMILES string of the molecule is Cc1ccc(C(=O)Nc2ccc3c(c2)sc(=O)n3C)cc1. The van der Waals surface area contributed by atoms with Crippen LogP contribution in [0.15, 0.2) is 47.3 Å². The number of amides is 1. The first-order chi connectivity index (χ1) is 10.0. The van der Waals surface area contributed by atoms with Crippen molar-refractivity contribution >= 4 is 33.1 Å². The second kappa shape index (κ2) is 5.18. The Balaban J connectivity index is 1.89. The van der Waals surface area contributed by atoms with Gasteiger partial charge in [0.1, 0.15) is 0 Å². The van der Waals surface area contributed by atoms with E-state index in [9.17, 15) is 9.59 Å². The van der Waals surface area contributed by atoms with Gasteiger partial charge in [0.25, 0.3) is 5.91 Å². The van der Waals surface area contributed by atoms with E-state index in [4.69, 9.17) is 0 Å². The van der Waals surface area contributed by atoms with Crippen LogP contribution in [0.3, 0.4) is 0 Å². The van der Waals surface area contributed by atoms with Gasteiger partial charge in [-0.2, -0.15) is 0 Å². The number of anilines is 1. The first kappa shape index (κ1) is 13.6. The van der Waals surface area contributed by atoms with Crippen LogP contribution in [0.25, 0.3) is 10.2 Å². The van der Waals surface area contributed by atoms with E-state index in [0.29, 0.717) is 11.3 Å². The summed E-state index contributed by atoms with van der Waals surface area (Å²) < 4.78 is 2.47. The molecule has 0 bridgehead atoms. The highest BCUT2D eigenvalue weighted by molar-refractivity contribution is 7.16. The smallest absolute Gasteiger partial charge is 0.307 e. The van der Waals surface area contributed by atoms with Gasteiger partial charge < -0.3 is 9.88 Å². The molecular formula is C16H14N2O2S. The Labute approximate surface area is 125 Å². The monoisotopic (exact) mass is 298 g/mol. The quantitative estimate of drug-likeness (QED) is 0.790. The minimum atomic E-state index is -0.155. The summed E-state index contributed by atoms with van der Waals surface area (Å²) in [6.45, 7) is 1.98. The second-order valence-electron chi connectivity index (χ2n) is 4.93. The van der Waals surface area contributed by atoms with Gasteiger partial charge in [-0.05, 0) is 37.3 Å². The molecule has 0 spiro atoms. The number of rotatable bonds is 2. The minimum Gasteiger partial charge on any atom is -0.322 e. The first-order valence-corrected chi connectivity index (χ1v) is 7.34. The molecule has 5 heteroatoms. The number of benzene rings is 2. The zero-order valence-corrected chi connectivity index (χ0v) is 12.5. The molecule has 0 unspecified atom stereocenters. The second-order valence-corrected chi connectivity index (χ2v) is 5.92. The van der Waals surface area contributed by atoms with E-state index in [-0.39, 0.29) is 10.8 Å². The van der Waals surface area contributed by atoms with E-state index >= 15 is 0 Å². The predicted octanol–water partition coefficient (Wildman–Crippen LogP) is 3.16. The van der Waals surface area contributed by atoms with Crippen LogP contribution in [0.5, 0.6) is 0 Å². The highest BCUT2D eigenvalue weighted by Gasteiger charge is 2.08. The summed E-state index contributed by atoms with van der Waals surface area (Å²) in [4.78, 5) is 23.8. The van der Waals surface area contributed by atoms with Crippen molar-refractivity contribution in [2.45, 2.75) is 6.92 Å². The standard InChI is InChI=1S/C16H14N2O2S/c1-10-3-5-11(6-4-10)15(19)17-12-7-8-13-14(9-12)21-16(20)18(13)2/h3-9H,1-2H3,(H,17,19). The molecule has 2 aromatic carbocycles. The fraction of sp³-hybridized carbons (Fsp3) is 0.125. The van der Waals surface area contributed by atoms with E-state index in [2.05, 4.69) is 5.32 Å². The fourth-order valence-electron chi connectivity index (χ4n) is 2.12. The van der Waals surface area contributed by atoms with Crippen LogP contribution in [0, 0.1) is 6.92 Å². The number of fused-ring (bicyclic) bond motifs is 1. The number of hydrogen-bond donors (Lipinski definition) is 1. The molecule has 4 nitrogen and oxygen atoms in total. The molecule has 0 fully saturated rings. The lowest BCUT2D eigenvalue weighted by molar-refractivity contribution is 0.102. The first-order valence-electron chi connectivity index (χ1n) is 6.52. The summed E-state index contributed by atoms with van der Waals surface area (Å²) in [5, 5.41) is 2.85. The summed E-state index contributed by atoms with van der Waals surface area (Å²) in [6.07, 6.45) is 0. The van der Waals surface area contributed by atoms with Crippen molar-refractivity contribution in [2.24, 2.45) is 7.05 Å². The highest BCUT2D eigenvalue weighted by Crippen LogP contribution is 2.21. The number of aryl methyl sites for hydroxylation is 2. The van der Waals surface area contributed by atoms with Crippen LogP contribution >= 0.6 is 11.3 Å². The molecule has 21 heavy (non-hydrogen) atoms. The van der Waals surface area contributed by atoms with Gasteiger partial charge in [-0.25, -0.2) is 0 Å². The zero-order chi connectivity index (χ0) is 15.0. The normalized spacial score (nSPS) is 10.8. The average Bonchev–Trinajstić information content (AvgIpc) is 2.74. The van der Waals surface area contributed by atoms with E-state index in [1.54, 1.807) is 29.8 Å². The lowest BCUT2D eigenvalue weighted by Gasteiger charge is -2.06. The molecule has 1 N–H and O–H groups in total. The Morgan fingerprint density at radius 1 is 1.14 bits per heavy atom. The van der Waals surface area contributed by atoms with Gasteiger partial charge in [0.05, 0.1) is 10.2 Å². The Bertz CT molecular complexity index is 875. The van der Waals surface area contributed by atoms with Crippen LogP contribution in [-0.2, 0) is 7.05 Å². The summed E-state index contributed by atoms with van der Waals surface area (Å²) in [6, 6.07) is 12.9. The number of carbonyl (C=O) groups is 1. The van der Waals surface area contributed by atoms with Crippen LogP contribution < -0.4 is 10.2 Å². The zero-order valence-electron chi connectivity index (χ0n) is 11.7. The molecule has 1 amide bonds. The molecule has 0 aliphatic carbocycles. The Hall–Kier alpha value is -2.40. The fourth-order valence-corrected chi connectivity index (χ4v) is 3.04. The summed E-state index contributed by atoms with van der Waals surface area (Å²) >= 11 is 1.17. The van der Waals surface area contributed by atoms with Crippen LogP contribution in [-0.4, -0.2) is 10.5 Å². The third-order valence-electron chi connectivity index (χ3n) is 3.36. The summed E-state index contributed by atoms with van der Waals surface area (Å²) in [5.41, 5.74) is 3.29. The molecule has 1 aromatic heterocycles. The number of nitrogens with one attached hydrogen (secondary N) is 1. The van der Waals surface area contributed by atoms with Crippen molar-refractivity contribution in [3.8, 4) is 0 Å². The van der Waals surface area contributed by atoms with Crippen molar-refractivity contribution in [3.63, 3.8) is 0 Å². The lowest BCUT2D eigenvalue weighted by atomic mass is 10.1. The van der Waals surface area contributed by atoms with Gasteiger partial charge in [-0.1, -0.05) is 29.0 Å². The summed E-state index contributed by atoms with van der Waals surface area (Å²) in [7, 11) is 1.74. The van der Waals surface area contributed by atoms with Crippen molar-refractivity contribution in [2.75, 3.05) is 5.32 Å². The van der Waals surface area contributed by atoms with E-state index in [1.165, 1.54) is 11.3 Å². The molecule has 0 saturated heterocycles. The van der Waals surface area contributed by atoms with Crippen molar-refractivity contribution < 1.29 is 4.79 Å². The van der Waals surface area contributed by atoms with Crippen molar-refractivity contribution in [3.05, 3.63) is 63.3 Å². The Morgan fingerprint density at radius 2 is 1.86 bits per heavy atom. The molecule has 3 rings (SSSR count). The molecule has 106 valence electrons. The maximum absolute atomic E-state index is 12.2. The Kier molecular flexibility index (Phi) is 3.35. The molecule has 1 heterocycles. The molecule has 0 aliphatic rings. The van der Waals surface area contributed by atoms with Gasteiger partial charge in [0.15, 0.2) is 0 Å². The molecule has 0 radical (unpaired) electrons. The number of nitrogens with zero attached hydrogens (tertiary/aromatic N) is 1. The Morgan fingerprint density at radius 3 is 2.57 bits per heavy atom. The molecule has 0 aliphatic heterocycles. The third-order valence-corrected chi connectivity index (χ3v) is 4.36. The van der Waals surface area contributed by atoms with Gasteiger partial charge in [0.2, 0.25) is 0 Å². The van der Waals surface area contributed by atoms with Gasteiger partial charge in [-0.15, -0.1) is 0 Å². The molecule has 0 saturated carbocycles. The molecule has 3 aromatic rings. The van der Waals surface area contributed by atoms with Crippen molar-refractivity contribution in [1.29, 1.82) is 0 Å². The highest BCUT2D eigenvalue weighted by atomic mass is 32.1. The van der Waals surface area contributed by atoms with Gasteiger partial charge in [-0.3, -0.25) is 9.59 Å². The predicted molar refractivity (Wildman–Crippen MR) is 86.2 cm³/mol. The minimum absolute atomic E-state index is 0.00740. The topological polar surface area (TPSA) is 51.1 Å². The van der Waals surface area contributed by atoms with Crippen LogP contribution in [0.2, 0.25) is 0 Å². The maximum atomic E-state index is 12.2. The average molecular weight is 298 g/mol. The maximum Gasteiger partial charge on any atom is 0.307 e. The van der Waals surface area contributed by atoms with Crippen molar-refractivity contribution in [1.82, 2.24) is 4.57 Å². The third kappa shape index (κ3) is 2.60. The van der Waals surface area contributed by atoms with E-state index < -0.39 is 0 Å². The summed E-state index contributed by atoms with van der Waals surface area (Å²) in [5.74, 6) is -0.155. The lowest BCUT2D eigenvalue weighted by Crippen LogP contribution is -2.11. The van der Waals surface area contributed by atoms with E-state index in [0.717, 1.165) is 15.8 Å². The molecule has 0 atom stereocenters. The number of thiazole rings is 1. The van der Waals surface area contributed by atoms with E-state index in [1.807, 2.05) is 31.2 Å². The molecular weight excluding hydrogens is 284 g/mol.